The molecule has 9 heteroatoms. The van der Waals surface area contributed by atoms with Gasteiger partial charge in [-0.05, 0) is 172 Å². The third kappa shape index (κ3) is 12.2. The third-order valence-corrected chi connectivity index (χ3v) is 14.6. The van der Waals surface area contributed by atoms with Crippen LogP contribution in [-0.2, 0) is 9.59 Å². The van der Waals surface area contributed by atoms with E-state index in [9.17, 15) is 25.1 Å². The first kappa shape index (κ1) is 50.3. The van der Waals surface area contributed by atoms with E-state index in [4.69, 9.17) is 6.57 Å². The van der Waals surface area contributed by atoms with Gasteiger partial charge in [-0.2, -0.15) is 5.26 Å². The van der Waals surface area contributed by atoms with E-state index in [1.54, 1.807) is 6.07 Å². The van der Waals surface area contributed by atoms with Crippen molar-refractivity contribution < 1.29 is 19.8 Å². The zero-order chi connectivity index (χ0) is 52.3. The van der Waals surface area contributed by atoms with Crippen molar-refractivity contribution in [3.8, 4) is 6.07 Å². The Kier molecular flexibility index (Phi) is 15.6. The minimum absolute atomic E-state index is 0.323. The van der Waals surface area contributed by atoms with E-state index in [-0.39, 0.29) is 11.3 Å². The molecule has 0 fully saturated rings. The number of carboxylic acids is 2. The molecule has 0 aliphatic rings. The molecule has 7 aromatic carbocycles. The van der Waals surface area contributed by atoms with Crippen LogP contribution < -0.4 is 4.90 Å². The fourth-order valence-corrected chi connectivity index (χ4v) is 10.5. The van der Waals surface area contributed by atoms with Crippen molar-refractivity contribution in [2.24, 2.45) is 0 Å². The van der Waals surface area contributed by atoms with Crippen molar-refractivity contribution in [1.29, 1.82) is 5.26 Å². The van der Waals surface area contributed by atoms with Crippen molar-refractivity contribution in [1.82, 2.24) is 0 Å². The zero-order valence-electron chi connectivity index (χ0n) is 40.9. The molecule has 2 aromatic heterocycles. The first-order chi connectivity index (χ1) is 36.5. The van der Waals surface area contributed by atoms with Crippen LogP contribution >= 0.6 is 22.7 Å². The molecule has 0 amide bonds. The van der Waals surface area contributed by atoms with Gasteiger partial charge in [-0.3, -0.25) is 4.79 Å². The summed E-state index contributed by atoms with van der Waals surface area (Å²) in [7, 11) is 0. The number of anilines is 3. The highest BCUT2D eigenvalue weighted by Crippen LogP contribution is 2.39. The number of rotatable bonds is 16. The molecular weight excluding hydrogens is 963 g/mol. The number of benzene rings is 7. The number of nitriles is 1. The number of nitrogens with zero attached hydrogens (tertiary/aromatic N) is 3. The van der Waals surface area contributed by atoms with Crippen LogP contribution in [0, 0.1) is 31.8 Å². The molecule has 0 saturated heterocycles. The van der Waals surface area contributed by atoms with Crippen LogP contribution in [0.15, 0.2) is 218 Å². The van der Waals surface area contributed by atoms with Crippen LogP contribution in [0.1, 0.15) is 69.6 Å². The van der Waals surface area contributed by atoms with Crippen molar-refractivity contribution >= 4 is 98.8 Å². The van der Waals surface area contributed by atoms with Crippen molar-refractivity contribution in [2.45, 2.75) is 13.8 Å². The molecule has 0 bridgehead atoms. The second-order valence-electron chi connectivity index (χ2n) is 17.5. The van der Waals surface area contributed by atoms with E-state index in [1.807, 2.05) is 91.0 Å². The number of carboxylic acid groups (broad SMARTS) is 2. The number of aryl methyl sites for hydroxylation is 2. The van der Waals surface area contributed by atoms with Crippen LogP contribution in [0.2, 0.25) is 0 Å². The summed E-state index contributed by atoms with van der Waals surface area (Å²) in [6.07, 6.45) is 9.31. The van der Waals surface area contributed by atoms with Crippen molar-refractivity contribution in [3.05, 3.63) is 299 Å². The highest BCUT2D eigenvalue weighted by molar-refractivity contribution is 7.14. The summed E-state index contributed by atoms with van der Waals surface area (Å²) in [5.41, 5.74) is 15.0. The second-order valence-corrected chi connectivity index (χ2v) is 19.7. The molecule has 0 unspecified atom stereocenters. The average molecular weight is 1010 g/mol. The summed E-state index contributed by atoms with van der Waals surface area (Å²) < 4.78 is 0. The number of thiophene rings is 2. The number of carbonyl (C=O) groups is 2. The smallest absolute Gasteiger partial charge is 0.346 e. The predicted molar refractivity (Wildman–Crippen MR) is 309 cm³/mol. The summed E-state index contributed by atoms with van der Waals surface area (Å²) >= 11 is 2.85. The lowest BCUT2D eigenvalue weighted by atomic mass is 9.93. The molecule has 7 nitrogen and oxygen atoms in total. The highest BCUT2D eigenvalue weighted by atomic mass is 32.1. The Bertz CT molecular complexity index is 3600. The standard InChI is InChI=1S/C66H47N3O4S2/c1-44-19-26-52(37-45(44)2)59(49-13-7-4-8-14-49)38-46-20-27-54(28-21-46)69(55-29-22-47(23-30-55)39-60(50-15-9-5-10-16-50)63-35-33-57(74-63)41-53(43-67)65(70)71)56-31-24-48(25-32-56)40-61(51-17-11-6-12-18-51)64-36-34-58(75-64)42-62(68-3)66(72)73/h4-42H,1-2H3,(H,70,71)(H,72,73)/b53-41+,59-38+,60-39+,61-40+,62-42-. The number of hydrogen-bond acceptors (Lipinski definition) is 6. The van der Waals surface area contributed by atoms with E-state index in [0.717, 1.165) is 82.5 Å². The monoisotopic (exact) mass is 1010 g/mol. The lowest BCUT2D eigenvalue weighted by Crippen LogP contribution is -2.09. The summed E-state index contributed by atoms with van der Waals surface area (Å²) in [4.78, 5) is 31.9. The molecule has 0 radical (unpaired) electrons. The molecule has 9 rings (SSSR count). The Morgan fingerprint density at radius 2 is 0.893 bits per heavy atom. The largest absolute Gasteiger partial charge is 0.486 e. The Balaban J connectivity index is 1.11. The van der Waals surface area contributed by atoms with Gasteiger partial charge in [0.1, 0.15) is 11.6 Å². The van der Waals surface area contributed by atoms with Gasteiger partial charge in [0.25, 0.3) is 5.70 Å². The van der Waals surface area contributed by atoms with Gasteiger partial charge >= 0.3 is 11.9 Å². The van der Waals surface area contributed by atoms with Crippen LogP contribution in [0.3, 0.4) is 0 Å². The van der Waals surface area contributed by atoms with Crippen LogP contribution in [0.25, 0.3) is 51.9 Å². The van der Waals surface area contributed by atoms with E-state index in [0.29, 0.717) is 9.75 Å². The molecule has 0 spiro atoms. The Morgan fingerprint density at radius 1 is 0.480 bits per heavy atom. The molecule has 0 saturated carbocycles. The first-order valence-electron chi connectivity index (χ1n) is 23.9. The van der Waals surface area contributed by atoms with E-state index in [2.05, 4.69) is 157 Å². The topological polar surface area (TPSA) is 106 Å². The predicted octanol–water partition coefficient (Wildman–Crippen LogP) is 17.0. The number of aliphatic carboxylic acids is 2. The zero-order valence-corrected chi connectivity index (χ0v) is 42.5. The molecule has 2 heterocycles. The maximum atomic E-state index is 11.6. The van der Waals surface area contributed by atoms with Crippen molar-refractivity contribution in [2.75, 3.05) is 4.90 Å². The second kappa shape index (κ2) is 23.3. The van der Waals surface area contributed by atoms with Gasteiger partial charge < -0.3 is 15.1 Å². The quantitative estimate of drug-likeness (QED) is 0.0432. The maximum absolute atomic E-state index is 11.6. The van der Waals surface area contributed by atoms with Crippen LogP contribution in [0.5, 0.6) is 0 Å². The normalized spacial score (nSPS) is 12.2. The third-order valence-electron chi connectivity index (χ3n) is 12.5. The summed E-state index contributed by atoms with van der Waals surface area (Å²) in [5.74, 6) is -2.52. The Morgan fingerprint density at radius 3 is 1.28 bits per heavy atom. The lowest BCUT2D eigenvalue weighted by molar-refractivity contribution is -0.133. The molecule has 0 aliphatic carbocycles. The van der Waals surface area contributed by atoms with Gasteiger partial charge in [0.2, 0.25) is 0 Å². The summed E-state index contributed by atoms with van der Waals surface area (Å²) in [6.45, 7) is 11.6. The van der Waals surface area contributed by atoms with E-state index in [1.165, 1.54) is 46.0 Å². The number of hydrogen-bond donors (Lipinski definition) is 2. The Labute approximate surface area is 444 Å². The molecule has 2 N–H and O–H groups in total. The van der Waals surface area contributed by atoms with E-state index < -0.39 is 11.9 Å². The summed E-state index contributed by atoms with van der Waals surface area (Å²) in [5, 5.41) is 28.4. The molecule has 0 atom stereocenters. The van der Waals surface area contributed by atoms with Crippen LogP contribution in [0.4, 0.5) is 17.1 Å². The fourth-order valence-electron chi connectivity index (χ4n) is 8.51. The maximum Gasteiger partial charge on any atom is 0.346 e. The Hall–Kier alpha value is -9.64. The summed E-state index contributed by atoms with van der Waals surface area (Å²) in [6, 6.07) is 72.0. The lowest BCUT2D eigenvalue weighted by Gasteiger charge is -2.26. The highest BCUT2D eigenvalue weighted by Gasteiger charge is 2.17. The van der Waals surface area contributed by atoms with Gasteiger partial charge in [-0.25, -0.2) is 9.64 Å². The first-order valence-corrected chi connectivity index (χ1v) is 25.5. The average Bonchev–Trinajstić information content (AvgIpc) is 4.12. The minimum Gasteiger partial charge on any atom is -0.486 e. The molecule has 362 valence electrons. The van der Waals surface area contributed by atoms with E-state index >= 15 is 0 Å². The fraction of sp³-hybridized carbons (Fsp3) is 0.0303. The van der Waals surface area contributed by atoms with Crippen molar-refractivity contribution in [3.63, 3.8) is 0 Å². The van der Waals surface area contributed by atoms with Gasteiger partial charge in [0, 0.05) is 36.6 Å². The van der Waals surface area contributed by atoms with Gasteiger partial charge in [0.15, 0.2) is 0 Å². The van der Waals surface area contributed by atoms with Gasteiger partial charge in [-0.1, -0.05) is 146 Å². The molecular formula is C66H47N3O4S2. The minimum atomic E-state index is -1.26. The molecule has 75 heavy (non-hydrogen) atoms. The molecule has 0 aliphatic heterocycles. The van der Waals surface area contributed by atoms with Gasteiger partial charge in [-0.15, -0.1) is 22.7 Å². The molecule has 9 aromatic rings. The SMILES string of the molecule is [C-]#[N+]/C(=C\c1ccc(/C(=C/c2ccc(N(c3ccc(/C=C(\c4ccccc4)c4ccc(C)c(C)c4)cc3)c3ccc(/C=C(\c4ccccc4)c4ccc(/C=C(\C#N)C(=O)O)s4)cc3)cc2)c2ccccc2)s1)C(=O)O. The van der Waals surface area contributed by atoms with Crippen LogP contribution in [-0.4, -0.2) is 22.2 Å². The van der Waals surface area contributed by atoms with Gasteiger partial charge in [0.05, 0.1) is 6.57 Å².